The first kappa shape index (κ1) is 51.1. The number of unbranched alkanes of at least 4 members (excludes halogenated alkanes) is 20. The molecule has 0 N–H and O–H groups in total. The number of carbonyl (C=O) groups excluding carboxylic acids is 4. The van der Waals surface area contributed by atoms with E-state index in [2.05, 4.69) is 42.5 Å². The quantitative estimate of drug-likeness (QED) is 0.0389. The molecule has 0 aliphatic rings. The molecule has 0 aliphatic heterocycles. The number of hydrogen-bond donors (Lipinski definition) is 0. The standard InChI is InChI=1S/C20H36O3.C13H24O.C11H20O/c1-19(21)17-15-13-11-9-7-5-3-4-6-8-10-12-14-16-18-20(22)23-2;1-3-4-5-6-7-8-9-10-11-12-13(2)14;1-3-4-5-6-7-8-9-10-11(2)12/h3-4H,5-18H2,1-2H3;4-5H,3,6-12H2,1-2H3;3H,1,4-10H2,2H3/b4-3+;5-4+;. The van der Waals surface area contributed by atoms with Crippen molar-refractivity contribution in [3.63, 3.8) is 0 Å². The van der Waals surface area contributed by atoms with Crippen LogP contribution in [0.2, 0.25) is 0 Å². The lowest BCUT2D eigenvalue weighted by Gasteiger charge is -2.00. The number of methoxy groups -OCH3 is 1. The van der Waals surface area contributed by atoms with Crippen molar-refractivity contribution in [3.8, 4) is 0 Å². The summed E-state index contributed by atoms with van der Waals surface area (Å²) in [7, 11) is 1.45. The molecule has 0 rings (SSSR count). The zero-order chi connectivity index (χ0) is 37.1. The summed E-state index contributed by atoms with van der Waals surface area (Å²) < 4.78 is 4.62. The molecule has 0 spiro atoms. The summed E-state index contributed by atoms with van der Waals surface area (Å²) in [5.41, 5.74) is 0. The van der Waals surface area contributed by atoms with Gasteiger partial charge in [0.05, 0.1) is 7.11 Å². The topological polar surface area (TPSA) is 77.5 Å². The van der Waals surface area contributed by atoms with Crippen LogP contribution >= 0.6 is 0 Å². The Labute approximate surface area is 304 Å². The fourth-order valence-electron chi connectivity index (χ4n) is 5.21. The molecule has 0 heterocycles. The Hall–Kier alpha value is -2.30. The molecule has 0 radical (unpaired) electrons. The minimum atomic E-state index is -0.0909. The molecule has 0 saturated carbocycles. The van der Waals surface area contributed by atoms with E-state index in [1.165, 1.54) is 123 Å². The maximum Gasteiger partial charge on any atom is 0.305 e. The number of ketones is 3. The Bertz CT molecular complexity index is 810. The van der Waals surface area contributed by atoms with E-state index in [-0.39, 0.29) is 5.97 Å². The maximum atomic E-state index is 10.9. The maximum absolute atomic E-state index is 10.9. The summed E-state index contributed by atoms with van der Waals surface area (Å²) >= 11 is 0. The normalized spacial score (nSPS) is 10.7. The molecule has 5 heteroatoms. The minimum Gasteiger partial charge on any atom is -0.469 e. The van der Waals surface area contributed by atoms with Crippen molar-refractivity contribution in [2.45, 2.75) is 214 Å². The summed E-state index contributed by atoms with van der Waals surface area (Å²) in [6.45, 7) is 10.9. The largest absolute Gasteiger partial charge is 0.469 e. The van der Waals surface area contributed by atoms with Gasteiger partial charge in [0.15, 0.2) is 0 Å². The van der Waals surface area contributed by atoms with Gasteiger partial charge in [0.2, 0.25) is 0 Å². The highest BCUT2D eigenvalue weighted by Gasteiger charge is 1.99. The van der Waals surface area contributed by atoms with Crippen LogP contribution in [-0.4, -0.2) is 30.4 Å². The fourth-order valence-corrected chi connectivity index (χ4v) is 5.21. The Kier molecular flexibility index (Phi) is 47.6. The summed E-state index contributed by atoms with van der Waals surface area (Å²) in [5.74, 6) is 0.875. The monoisotopic (exact) mass is 689 g/mol. The zero-order valence-electron chi connectivity index (χ0n) is 33.1. The van der Waals surface area contributed by atoms with E-state index in [1.54, 1.807) is 20.8 Å². The van der Waals surface area contributed by atoms with E-state index in [1.807, 2.05) is 6.08 Å². The lowest BCUT2D eigenvalue weighted by Crippen LogP contribution is -1.98. The van der Waals surface area contributed by atoms with Gasteiger partial charge in [-0.05, 0) is 104 Å². The molecule has 0 aromatic carbocycles. The van der Waals surface area contributed by atoms with E-state index in [9.17, 15) is 19.2 Å². The van der Waals surface area contributed by atoms with Gasteiger partial charge in [-0.15, -0.1) is 6.58 Å². The van der Waals surface area contributed by atoms with Crippen molar-refractivity contribution in [2.75, 3.05) is 7.11 Å². The first-order valence-electron chi connectivity index (χ1n) is 20.2. The highest BCUT2D eigenvalue weighted by atomic mass is 16.5. The van der Waals surface area contributed by atoms with Crippen LogP contribution in [0.25, 0.3) is 0 Å². The van der Waals surface area contributed by atoms with Crippen molar-refractivity contribution < 1.29 is 23.9 Å². The fraction of sp³-hybridized carbons (Fsp3) is 0.773. The smallest absolute Gasteiger partial charge is 0.305 e. The molecule has 0 atom stereocenters. The van der Waals surface area contributed by atoms with Crippen LogP contribution in [0, 0.1) is 0 Å². The molecule has 0 fully saturated rings. The van der Waals surface area contributed by atoms with Crippen LogP contribution < -0.4 is 0 Å². The van der Waals surface area contributed by atoms with E-state index < -0.39 is 0 Å². The van der Waals surface area contributed by atoms with Crippen molar-refractivity contribution in [2.24, 2.45) is 0 Å². The average molecular weight is 689 g/mol. The predicted octanol–water partition coefficient (Wildman–Crippen LogP) is 13.5. The second-order valence-corrected chi connectivity index (χ2v) is 13.5. The molecule has 0 aromatic heterocycles. The highest BCUT2D eigenvalue weighted by molar-refractivity contribution is 5.75. The molecule has 0 unspecified atom stereocenters. The van der Waals surface area contributed by atoms with Crippen LogP contribution in [0.15, 0.2) is 37.0 Å². The summed E-state index contributed by atoms with van der Waals surface area (Å²) in [6.07, 6.45) is 43.9. The van der Waals surface area contributed by atoms with Crippen molar-refractivity contribution in [1.29, 1.82) is 0 Å². The third kappa shape index (κ3) is 58.3. The lowest BCUT2D eigenvalue weighted by molar-refractivity contribution is -0.140. The van der Waals surface area contributed by atoms with Gasteiger partial charge in [-0.2, -0.15) is 0 Å². The molecule has 49 heavy (non-hydrogen) atoms. The van der Waals surface area contributed by atoms with Crippen LogP contribution in [0.4, 0.5) is 0 Å². The van der Waals surface area contributed by atoms with Gasteiger partial charge in [-0.3, -0.25) is 4.79 Å². The Balaban J connectivity index is -0.000000697. The van der Waals surface area contributed by atoms with Crippen LogP contribution in [0.1, 0.15) is 214 Å². The predicted molar refractivity (Wildman–Crippen MR) is 212 cm³/mol. The van der Waals surface area contributed by atoms with Gasteiger partial charge in [-0.1, -0.05) is 114 Å². The summed E-state index contributed by atoms with van der Waals surface area (Å²) in [4.78, 5) is 42.9. The average Bonchev–Trinajstić information content (AvgIpc) is 3.07. The number of esters is 1. The molecule has 0 aliphatic carbocycles. The van der Waals surface area contributed by atoms with E-state index in [4.69, 9.17) is 0 Å². The van der Waals surface area contributed by atoms with Crippen LogP contribution in [-0.2, 0) is 23.9 Å². The molecule has 286 valence electrons. The third-order valence-corrected chi connectivity index (χ3v) is 8.28. The SMILES string of the molecule is C=CCCCCCCCC(C)=O.CC/C=C/CCCCCCCC(C)=O.COC(=O)CCCCCCC/C=C/CCCCCCCC(C)=O. The highest BCUT2D eigenvalue weighted by Crippen LogP contribution is 2.11. The molecule has 0 saturated heterocycles. The van der Waals surface area contributed by atoms with Gasteiger partial charge >= 0.3 is 5.97 Å². The summed E-state index contributed by atoms with van der Waals surface area (Å²) in [6, 6.07) is 0. The molecular weight excluding hydrogens is 608 g/mol. The zero-order valence-corrected chi connectivity index (χ0v) is 33.1. The second kappa shape index (κ2) is 45.7. The number of allylic oxidation sites excluding steroid dienone is 5. The van der Waals surface area contributed by atoms with Gasteiger partial charge in [0.1, 0.15) is 17.3 Å². The molecule has 5 nitrogen and oxygen atoms in total. The van der Waals surface area contributed by atoms with E-state index in [0.717, 1.165) is 64.2 Å². The molecular formula is C44H80O5. The van der Waals surface area contributed by atoms with E-state index >= 15 is 0 Å². The number of rotatable bonds is 33. The Morgan fingerprint density at radius 2 is 0.714 bits per heavy atom. The Morgan fingerprint density at radius 3 is 1.02 bits per heavy atom. The van der Waals surface area contributed by atoms with Crippen LogP contribution in [0.3, 0.4) is 0 Å². The lowest BCUT2D eigenvalue weighted by atomic mass is 10.1. The molecule has 0 bridgehead atoms. The minimum absolute atomic E-state index is 0.0909. The van der Waals surface area contributed by atoms with Gasteiger partial charge in [0.25, 0.3) is 0 Å². The number of hydrogen-bond acceptors (Lipinski definition) is 5. The molecule has 0 aromatic rings. The van der Waals surface area contributed by atoms with E-state index in [0.29, 0.717) is 23.8 Å². The molecule has 0 amide bonds. The van der Waals surface area contributed by atoms with Gasteiger partial charge in [0, 0.05) is 25.7 Å². The first-order valence-corrected chi connectivity index (χ1v) is 20.2. The van der Waals surface area contributed by atoms with Crippen molar-refractivity contribution >= 4 is 23.3 Å². The third-order valence-electron chi connectivity index (χ3n) is 8.28. The second-order valence-electron chi connectivity index (χ2n) is 13.5. The summed E-state index contributed by atoms with van der Waals surface area (Å²) in [5, 5.41) is 0. The first-order chi connectivity index (χ1) is 23.7. The number of Topliss-reactive ketones (excluding diaryl/α,β-unsaturated/α-hetero) is 3. The number of ether oxygens (including phenoxy) is 1. The van der Waals surface area contributed by atoms with Gasteiger partial charge < -0.3 is 19.1 Å². The Morgan fingerprint density at radius 1 is 0.429 bits per heavy atom. The number of carbonyl (C=O) groups is 4. The van der Waals surface area contributed by atoms with Crippen molar-refractivity contribution in [3.05, 3.63) is 37.0 Å². The van der Waals surface area contributed by atoms with Gasteiger partial charge in [-0.25, -0.2) is 0 Å². The van der Waals surface area contributed by atoms with Crippen LogP contribution in [0.5, 0.6) is 0 Å². The van der Waals surface area contributed by atoms with Crippen molar-refractivity contribution in [1.82, 2.24) is 0 Å².